The zero-order valence-electron chi connectivity index (χ0n) is 20.9. The summed E-state index contributed by atoms with van der Waals surface area (Å²) in [7, 11) is 0. The number of fused-ring (bicyclic) bond motifs is 2. The fraction of sp³-hybridized carbons (Fsp3) is 0.296. The molecule has 0 aliphatic carbocycles. The first-order chi connectivity index (χ1) is 18.2. The SMILES string of the molecule is CC(C)(O)[C@H](F)CNC(=O)c1cnc(-c2ccc3cc(C#N)cnn23)cc1Nc1cnc2c(c1)COCC2. The van der Waals surface area contributed by atoms with Gasteiger partial charge in [0.15, 0.2) is 0 Å². The van der Waals surface area contributed by atoms with Crippen molar-refractivity contribution in [1.82, 2.24) is 24.9 Å². The highest BCUT2D eigenvalue weighted by atomic mass is 19.1. The number of ether oxygens (including phenoxy) is 1. The molecule has 1 aliphatic rings. The van der Waals surface area contributed by atoms with Gasteiger partial charge >= 0.3 is 0 Å². The molecule has 5 rings (SSSR count). The van der Waals surface area contributed by atoms with Crippen LogP contribution in [0.5, 0.6) is 0 Å². The van der Waals surface area contributed by atoms with E-state index >= 15 is 0 Å². The summed E-state index contributed by atoms with van der Waals surface area (Å²) in [6.07, 6.45) is 3.64. The first kappa shape index (κ1) is 25.3. The number of halogens is 1. The van der Waals surface area contributed by atoms with Gasteiger partial charge in [0.1, 0.15) is 12.2 Å². The van der Waals surface area contributed by atoms with Crippen LogP contribution in [0.15, 0.2) is 48.9 Å². The number of pyridine rings is 2. The molecule has 5 heterocycles. The number of rotatable bonds is 7. The van der Waals surface area contributed by atoms with E-state index in [1.54, 1.807) is 22.8 Å². The van der Waals surface area contributed by atoms with Gasteiger partial charge in [0.2, 0.25) is 0 Å². The quantitative estimate of drug-likeness (QED) is 0.341. The van der Waals surface area contributed by atoms with E-state index in [1.807, 2.05) is 18.2 Å². The molecule has 11 heteroatoms. The number of hydrogen-bond donors (Lipinski definition) is 3. The van der Waals surface area contributed by atoms with Crippen LogP contribution in [-0.2, 0) is 17.8 Å². The minimum absolute atomic E-state index is 0.186. The number of hydrogen-bond acceptors (Lipinski definition) is 8. The highest BCUT2D eigenvalue weighted by Crippen LogP contribution is 2.29. The second kappa shape index (κ2) is 10.2. The molecule has 194 valence electrons. The van der Waals surface area contributed by atoms with Crippen molar-refractivity contribution in [1.29, 1.82) is 5.26 Å². The second-order valence-electron chi connectivity index (χ2n) is 9.62. The number of alkyl halides is 1. The van der Waals surface area contributed by atoms with Gasteiger partial charge in [-0.2, -0.15) is 10.4 Å². The Kier molecular flexibility index (Phi) is 6.75. The highest BCUT2D eigenvalue weighted by molar-refractivity contribution is 6.00. The summed E-state index contributed by atoms with van der Waals surface area (Å²) in [6, 6.07) is 11.1. The number of nitrogens with one attached hydrogen (secondary N) is 2. The first-order valence-electron chi connectivity index (χ1n) is 12.1. The standard InChI is InChI=1S/C27H26FN7O3/c1-27(2,37)25(28)14-32-26(36)20-13-31-23(24-4-3-19-7-16(10-29)11-33-35(19)24)9-22(20)34-18-8-17-15-38-6-5-21(17)30-12-18/h3-4,7-9,11-13,25,37H,5-6,14-15H2,1-2H3,(H,31,34)(H,32,36)/t25-/m1/s1. The molecule has 4 aromatic heterocycles. The summed E-state index contributed by atoms with van der Waals surface area (Å²) >= 11 is 0. The second-order valence-corrected chi connectivity index (χ2v) is 9.62. The molecule has 0 fully saturated rings. The lowest BCUT2D eigenvalue weighted by atomic mass is 10.0. The number of carbonyl (C=O) groups is 1. The maximum Gasteiger partial charge on any atom is 0.255 e. The third-order valence-electron chi connectivity index (χ3n) is 6.33. The molecule has 1 amide bonds. The molecule has 38 heavy (non-hydrogen) atoms. The lowest BCUT2D eigenvalue weighted by Gasteiger charge is -2.22. The number of nitrogens with zero attached hydrogens (tertiary/aromatic N) is 5. The van der Waals surface area contributed by atoms with Gasteiger partial charge in [0.05, 0.1) is 77.2 Å². The molecule has 4 aromatic rings. The molecule has 0 saturated carbocycles. The van der Waals surface area contributed by atoms with Gasteiger partial charge in [0, 0.05) is 23.9 Å². The van der Waals surface area contributed by atoms with Crippen molar-refractivity contribution in [2.45, 2.75) is 38.6 Å². The Morgan fingerprint density at radius 2 is 2.11 bits per heavy atom. The Labute approximate surface area is 218 Å². The third kappa shape index (κ3) is 5.18. The third-order valence-corrected chi connectivity index (χ3v) is 6.33. The maximum atomic E-state index is 14.3. The van der Waals surface area contributed by atoms with Crippen molar-refractivity contribution in [3.05, 3.63) is 71.3 Å². The smallest absolute Gasteiger partial charge is 0.255 e. The van der Waals surface area contributed by atoms with Gasteiger partial charge in [-0.1, -0.05) is 0 Å². The molecule has 0 spiro atoms. The summed E-state index contributed by atoms with van der Waals surface area (Å²) < 4.78 is 21.5. The van der Waals surface area contributed by atoms with Crippen molar-refractivity contribution < 1.29 is 19.0 Å². The summed E-state index contributed by atoms with van der Waals surface area (Å²) in [5.74, 6) is -0.551. The van der Waals surface area contributed by atoms with Crippen LogP contribution in [0.3, 0.4) is 0 Å². The van der Waals surface area contributed by atoms with Crippen LogP contribution in [0.2, 0.25) is 0 Å². The van der Waals surface area contributed by atoms with E-state index in [-0.39, 0.29) is 12.1 Å². The normalized spacial score (nSPS) is 14.0. The Bertz CT molecular complexity index is 1550. The highest BCUT2D eigenvalue weighted by Gasteiger charge is 2.27. The van der Waals surface area contributed by atoms with Crippen LogP contribution in [0.25, 0.3) is 16.9 Å². The number of anilines is 2. The maximum absolute atomic E-state index is 14.3. The fourth-order valence-corrected chi connectivity index (χ4v) is 4.12. The van der Waals surface area contributed by atoms with Crippen molar-refractivity contribution in [3.63, 3.8) is 0 Å². The van der Waals surface area contributed by atoms with E-state index in [0.717, 1.165) is 23.2 Å². The summed E-state index contributed by atoms with van der Waals surface area (Å²) in [5.41, 5.74) is 3.93. The zero-order chi connectivity index (χ0) is 26.9. The number of carbonyl (C=O) groups excluding carboxylic acids is 1. The van der Waals surface area contributed by atoms with Crippen LogP contribution in [0.1, 0.15) is 41.0 Å². The fourth-order valence-electron chi connectivity index (χ4n) is 4.12. The van der Waals surface area contributed by atoms with E-state index in [4.69, 9.17) is 10.00 Å². The lowest BCUT2D eigenvalue weighted by molar-refractivity contribution is -0.00177. The van der Waals surface area contributed by atoms with E-state index in [1.165, 1.54) is 26.2 Å². The molecule has 1 aliphatic heterocycles. The Hall–Kier alpha value is -4.40. The predicted molar refractivity (Wildman–Crippen MR) is 138 cm³/mol. The Morgan fingerprint density at radius 1 is 1.26 bits per heavy atom. The lowest BCUT2D eigenvalue weighted by Crippen LogP contribution is -2.42. The van der Waals surface area contributed by atoms with E-state index in [9.17, 15) is 14.3 Å². The summed E-state index contributed by atoms with van der Waals surface area (Å²) in [4.78, 5) is 22.1. The minimum Gasteiger partial charge on any atom is -0.387 e. The number of aromatic nitrogens is 4. The van der Waals surface area contributed by atoms with Gasteiger partial charge in [-0.25, -0.2) is 8.91 Å². The molecule has 0 unspecified atom stereocenters. The number of nitriles is 1. The molecule has 3 N–H and O–H groups in total. The van der Waals surface area contributed by atoms with Gasteiger partial charge in [-0.05, 0) is 44.2 Å². The van der Waals surface area contributed by atoms with Crippen molar-refractivity contribution >= 4 is 22.8 Å². The van der Waals surface area contributed by atoms with Gasteiger partial charge < -0.3 is 20.5 Å². The van der Waals surface area contributed by atoms with Crippen molar-refractivity contribution in [2.24, 2.45) is 0 Å². The number of aliphatic hydroxyl groups is 1. The first-order valence-corrected chi connectivity index (χ1v) is 12.1. The molecule has 0 saturated heterocycles. The molecule has 0 aromatic carbocycles. The van der Waals surface area contributed by atoms with E-state index < -0.39 is 17.7 Å². The molecule has 0 radical (unpaired) electrons. The summed E-state index contributed by atoms with van der Waals surface area (Å²) in [6.45, 7) is 3.40. The van der Waals surface area contributed by atoms with Gasteiger partial charge in [-0.15, -0.1) is 0 Å². The Morgan fingerprint density at radius 3 is 2.89 bits per heavy atom. The minimum atomic E-state index is -1.66. The average molecular weight is 516 g/mol. The van der Waals surface area contributed by atoms with Crippen LogP contribution in [0, 0.1) is 11.3 Å². The molecule has 10 nitrogen and oxygen atoms in total. The number of amides is 1. The van der Waals surface area contributed by atoms with Crippen LogP contribution >= 0.6 is 0 Å². The van der Waals surface area contributed by atoms with E-state index in [2.05, 4.69) is 31.8 Å². The predicted octanol–water partition coefficient (Wildman–Crippen LogP) is 3.32. The molecule has 0 bridgehead atoms. The average Bonchev–Trinajstić information content (AvgIpc) is 3.34. The topological polar surface area (TPSA) is 137 Å². The van der Waals surface area contributed by atoms with Gasteiger partial charge in [0.25, 0.3) is 5.91 Å². The summed E-state index contributed by atoms with van der Waals surface area (Å²) in [5, 5.41) is 29.2. The van der Waals surface area contributed by atoms with Crippen LogP contribution in [0.4, 0.5) is 15.8 Å². The van der Waals surface area contributed by atoms with E-state index in [0.29, 0.717) is 41.5 Å². The largest absolute Gasteiger partial charge is 0.387 e. The van der Waals surface area contributed by atoms with Crippen molar-refractivity contribution in [2.75, 3.05) is 18.5 Å². The molecule has 1 atom stereocenters. The monoisotopic (exact) mass is 515 g/mol. The Balaban J connectivity index is 1.51. The van der Waals surface area contributed by atoms with Crippen LogP contribution in [-0.4, -0.2) is 55.5 Å². The zero-order valence-corrected chi connectivity index (χ0v) is 20.9. The van der Waals surface area contributed by atoms with Crippen LogP contribution < -0.4 is 10.6 Å². The van der Waals surface area contributed by atoms with Gasteiger partial charge in [-0.3, -0.25) is 14.8 Å². The molecular weight excluding hydrogens is 489 g/mol. The molecular formula is C27H26FN7O3. The van der Waals surface area contributed by atoms with Crippen molar-refractivity contribution in [3.8, 4) is 17.5 Å².